The maximum atomic E-state index is 14.2. The maximum absolute atomic E-state index is 14.2. The number of hydrogen-bond donors (Lipinski definition) is 2. The van der Waals surface area contributed by atoms with Crippen molar-refractivity contribution in [2.75, 3.05) is 13.6 Å². The number of amides is 2. The minimum absolute atomic E-state index is 0.00306. The van der Waals surface area contributed by atoms with E-state index >= 15 is 0 Å². The van der Waals surface area contributed by atoms with Gasteiger partial charge in [0.2, 0.25) is 11.8 Å². The van der Waals surface area contributed by atoms with Gasteiger partial charge in [-0.25, -0.2) is 9.97 Å². The molecule has 0 spiro atoms. The van der Waals surface area contributed by atoms with E-state index in [0.29, 0.717) is 18.1 Å². The number of aryl methyl sites for hydroxylation is 1. The van der Waals surface area contributed by atoms with Crippen molar-refractivity contribution in [2.45, 2.75) is 76.9 Å². The van der Waals surface area contributed by atoms with Crippen LogP contribution in [-0.2, 0) is 9.59 Å². The fourth-order valence-electron chi connectivity index (χ4n) is 5.81. The van der Waals surface area contributed by atoms with Crippen LogP contribution in [0, 0.1) is 12.8 Å². The number of likely N-dealkylation sites (tertiary alicyclic amines) is 1. The topological polar surface area (TPSA) is 100 Å². The molecular weight excluding hydrogens is 466 g/mol. The molecule has 1 saturated carbocycles. The Morgan fingerprint density at radius 2 is 1.89 bits per heavy atom. The first kappa shape index (κ1) is 25.4. The molecule has 2 amide bonds. The van der Waals surface area contributed by atoms with Crippen molar-refractivity contribution in [1.82, 2.24) is 25.5 Å². The van der Waals surface area contributed by atoms with Crippen molar-refractivity contribution in [3.05, 3.63) is 48.2 Å². The average Bonchev–Trinajstić information content (AvgIpc) is 3.60. The maximum Gasteiger partial charge on any atom is 0.246 e. The number of likely N-dealkylation sites (N-methyl/N-ethyl adjacent to an activating group) is 1. The molecule has 2 N–H and O–H groups in total. The molecule has 2 fully saturated rings. The van der Waals surface area contributed by atoms with Gasteiger partial charge >= 0.3 is 0 Å². The summed E-state index contributed by atoms with van der Waals surface area (Å²) in [5.74, 6) is 1.36. The van der Waals surface area contributed by atoms with Crippen LogP contribution < -0.4 is 10.6 Å². The van der Waals surface area contributed by atoms with Crippen molar-refractivity contribution in [2.24, 2.45) is 5.92 Å². The summed E-state index contributed by atoms with van der Waals surface area (Å²) < 4.78 is 6.01. The number of fused-ring (bicyclic) bond motifs is 1. The number of aromatic nitrogens is 2. The van der Waals surface area contributed by atoms with E-state index in [2.05, 4.69) is 21.7 Å². The van der Waals surface area contributed by atoms with Crippen LogP contribution in [0.4, 0.5) is 0 Å². The van der Waals surface area contributed by atoms with Gasteiger partial charge in [0, 0.05) is 18.3 Å². The van der Waals surface area contributed by atoms with E-state index in [0.717, 1.165) is 60.9 Å². The van der Waals surface area contributed by atoms with Crippen LogP contribution in [0.2, 0.25) is 0 Å². The monoisotopic (exact) mass is 503 g/mol. The standard InChI is InChI=1S/C29H37N5O3/c1-18(30-3)28(35)33-26(20-9-5-4-6-10-20)29(36)34-14-8-13-24(34)27-23(16-31-19(2)32-27)25-15-21-11-7-12-22(21)17-37-25/h7,11-12,15-18,20,24,26,30H,4-6,8-10,13-14H2,1-3H3,(H,33,35)/t18-,24-,26-/m0/s1. The summed E-state index contributed by atoms with van der Waals surface area (Å²) in [4.78, 5) is 38.3. The summed E-state index contributed by atoms with van der Waals surface area (Å²) in [6.07, 6.45) is 10.5. The second-order valence-electron chi connectivity index (χ2n) is 10.5. The van der Waals surface area contributed by atoms with Gasteiger partial charge in [0.05, 0.1) is 29.6 Å². The summed E-state index contributed by atoms with van der Waals surface area (Å²) in [6, 6.07) is 7.00. The zero-order valence-electron chi connectivity index (χ0n) is 22.0. The molecule has 37 heavy (non-hydrogen) atoms. The van der Waals surface area contributed by atoms with Crippen LogP contribution in [0.3, 0.4) is 0 Å². The normalized spacial score (nSPS) is 20.2. The van der Waals surface area contributed by atoms with Gasteiger partial charge in [0.25, 0.3) is 0 Å². The highest BCUT2D eigenvalue weighted by Gasteiger charge is 2.40. The molecule has 2 aliphatic carbocycles. The van der Waals surface area contributed by atoms with Crippen molar-refractivity contribution in [1.29, 1.82) is 0 Å². The minimum atomic E-state index is -0.527. The predicted molar refractivity (Wildman–Crippen MR) is 142 cm³/mol. The fourth-order valence-corrected chi connectivity index (χ4v) is 5.81. The van der Waals surface area contributed by atoms with Crippen LogP contribution in [-0.4, -0.2) is 52.4 Å². The Labute approximate surface area is 218 Å². The first-order valence-corrected chi connectivity index (χ1v) is 13.6. The number of nitrogens with one attached hydrogen (secondary N) is 2. The summed E-state index contributed by atoms with van der Waals surface area (Å²) in [5.41, 5.74) is 3.74. The Morgan fingerprint density at radius 3 is 2.68 bits per heavy atom. The van der Waals surface area contributed by atoms with E-state index in [4.69, 9.17) is 9.40 Å². The highest BCUT2D eigenvalue weighted by Crippen LogP contribution is 2.39. The Bertz CT molecular complexity index is 1220. The van der Waals surface area contributed by atoms with Crippen LogP contribution in [0.15, 0.2) is 41.1 Å². The lowest BCUT2D eigenvalue weighted by Gasteiger charge is -2.35. The van der Waals surface area contributed by atoms with Gasteiger partial charge in [-0.1, -0.05) is 37.5 Å². The predicted octanol–water partition coefficient (Wildman–Crippen LogP) is 4.49. The molecular formula is C29H37N5O3. The molecule has 8 heteroatoms. The minimum Gasteiger partial charge on any atom is -0.464 e. The Hall–Kier alpha value is -3.26. The lowest BCUT2D eigenvalue weighted by Crippen LogP contribution is -2.55. The third kappa shape index (κ3) is 5.25. The third-order valence-corrected chi connectivity index (χ3v) is 8.05. The van der Waals surface area contributed by atoms with E-state index in [1.165, 1.54) is 6.42 Å². The zero-order valence-corrected chi connectivity index (χ0v) is 22.0. The number of carbonyl (C=O) groups excluding carboxylic acids is 2. The quantitative estimate of drug-likeness (QED) is 0.493. The first-order valence-electron chi connectivity index (χ1n) is 13.6. The molecule has 1 aromatic rings. The Balaban J connectivity index is 1.48. The molecule has 2 aliphatic heterocycles. The summed E-state index contributed by atoms with van der Waals surface area (Å²) >= 11 is 0. The van der Waals surface area contributed by atoms with E-state index in [1.807, 2.05) is 36.9 Å². The van der Waals surface area contributed by atoms with Gasteiger partial charge in [-0.05, 0) is 64.1 Å². The average molecular weight is 504 g/mol. The van der Waals surface area contributed by atoms with Crippen LogP contribution >= 0.6 is 0 Å². The largest absolute Gasteiger partial charge is 0.464 e. The molecule has 8 nitrogen and oxygen atoms in total. The first-order chi connectivity index (χ1) is 18.0. The van der Waals surface area contributed by atoms with E-state index in [-0.39, 0.29) is 29.8 Å². The highest BCUT2D eigenvalue weighted by atomic mass is 16.3. The molecule has 4 aliphatic rings. The summed E-state index contributed by atoms with van der Waals surface area (Å²) in [5, 5.41) is 6.11. The Kier molecular flexibility index (Phi) is 7.55. The number of hydrogen-bond acceptors (Lipinski definition) is 6. The van der Waals surface area contributed by atoms with E-state index in [9.17, 15) is 9.59 Å². The number of rotatable bonds is 7. The molecule has 1 saturated heterocycles. The van der Waals surface area contributed by atoms with Crippen molar-refractivity contribution in [3.63, 3.8) is 0 Å². The zero-order chi connectivity index (χ0) is 25.9. The van der Waals surface area contributed by atoms with Crippen molar-refractivity contribution < 1.29 is 14.0 Å². The number of carbonyl (C=O) groups is 2. The van der Waals surface area contributed by atoms with Gasteiger partial charge in [-0.2, -0.15) is 0 Å². The molecule has 0 radical (unpaired) electrons. The second-order valence-corrected chi connectivity index (χ2v) is 10.5. The highest BCUT2D eigenvalue weighted by molar-refractivity contribution is 5.90. The van der Waals surface area contributed by atoms with Gasteiger partial charge in [0.1, 0.15) is 17.6 Å². The molecule has 3 heterocycles. The number of nitrogens with zero attached hydrogens (tertiary/aromatic N) is 3. The van der Waals surface area contributed by atoms with Crippen LogP contribution in [0.1, 0.15) is 69.4 Å². The lowest BCUT2D eigenvalue weighted by molar-refractivity contribution is -0.139. The summed E-state index contributed by atoms with van der Waals surface area (Å²) in [6.45, 7) is 4.33. The lowest BCUT2D eigenvalue weighted by atomic mass is 9.83. The molecule has 0 unspecified atom stereocenters. The SMILES string of the molecule is CN[C@@H](C)C(=O)N[C@H](C(=O)N1CCC[C@H]1c1nc(C)ncc1-c1cc2cccc-2co1)C1CCCCC1. The van der Waals surface area contributed by atoms with Gasteiger partial charge in [0.15, 0.2) is 0 Å². The third-order valence-electron chi connectivity index (χ3n) is 8.05. The van der Waals surface area contributed by atoms with Crippen molar-refractivity contribution >= 4 is 11.8 Å². The summed E-state index contributed by atoms with van der Waals surface area (Å²) in [7, 11) is 1.76. The molecule has 0 bridgehead atoms. The fraction of sp³-hybridized carbons (Fsp3) is 0.517. The van der Waals surface area contributed by atoms with Gasteiger partial charge < -0.3 is 20.0 Å². The smallest absolute Gasteiger partial charge is 0.246 e. The van der Waals surface area contributed by atoms with E-state index < -0.39 is 6.04 Å². The molecule has 1 aromatic heterocycles. The van der Waals surface area contributed by atoms with Crippen LogP contribution in [0.25, 0.3) is 22.5 Å². The van der Waals surface area contributed by atoms with E-state index in [1.54, 1.807) is 19.5 Å². The molecule has 3 atom stereocenters. The van der Waals surface area contributed by atoms with Gasteiger partial charge in [-0.3, -0.25) is 9.59 Å². The Morgan fingerprint density at radius 1 is 1.11 bits per heavy atom. The molecule has 5 rings (SSSR count). The second kappa shape index (κ2) is 11.0. The molecule has 0 aromatic carbocycles. The van der Waals surface area contributed by atoms with Gasteiger partial charge in [-0.15, -0.1) is 0 Å². The van der Waals surface area contributed by atoms with Crippen LogP contribution in [0.5, 0.6) is 0 Å². The molecule has 196 valence electrons. The van der Waals surface area contributed by atoms with Crippen molar-refractivity contribution in [3.8, 4) is 22.5 Å².